The van der Waals surface area contributed by atoms with Crippen molar-refractivity contribution in [1.29, 1.82) is 0 Å². The number of rotatable bonds is 5. The molecule has 1 aromatic carbocycles. The van der Waals surface area contributed by atoms with Gasteiger partial charge in [0.05, 0.1) is 18.2 Å². The first-order chi connectivity index (χ1) is 13.0. The molecule has 1 N–H and O–H groups in total. The number of hydrogen-bond donors (Lipinski definition) is 1. The number of esters is 1. The van der Waals surface area contributed by atoms with Gasteiger partial charge in [-0.3, -0.25) is 9.59 Å². The standard InChI is InChI=1S/C19H21N3O4S/c1-4-9-27-19-21-17(24)15-13(10-14(23)20-16(15)22(19)2)11-5-7-12(8-6-11)18(25)26-3/h5-8,13H,4,9-10H2,1-3H3,(H,20,23)/t13-/m1/s1. The molecule has 8 heteroatoms. The maximum atomic E-state index is 12.7. The highest BCUT2D eigenvalue weighted by molar-refractivity contribution is 7.99. The van der Waals surface area contributed by atoms with Gasteiger partial charge in [0.25, 0.3) is 5.56 Å². The zero-order valence-corrected chi connectivity index (χ0v) is 16.3. The average molecular weight is 387 g/mol. The molecule has 0 spiro atoms. The van der Waals surface area contributed by atoms with Crippen LogP contribution in [0.3, 0.4) is 0 Å². The minimum Gasteiger partial charge on any atom is -0.465 e. The molecule has 0 aliphatic carbocycles. The van der Waals surface area contributed by atoms with Crippen molar-refractivity contribution in [2.24, 2.45) is 7.05 Å². The van der Waals surface area contributed by atoms with Gasteiger partial charge >= 0.3 is 5.97 Å². The first kappa shape index (κ1) is 19.2. The van der Waals surface area contributed by atoms with Crippen LogP contribution >= 0.6 is 11.8 Å². The van der Waals surface area contributed by atoms with Crippen molar-refractivity contribution in [3.05, 3.63) is 51.3 Å². The van der Waals surface area contributed by atoms with Crippen LogP contribution in [0.4, 0.5) is 5.82 Å². The number of nitrogens with one attached hydrogen (secondary N) is 1. The second-order valence-electron chi connectivity index (χ2n) is 6.29. The van der Waals surface area contributed by atoms with Gasteiger partial charge in [0.15, 0.2) is 5.16 Å². The lowest BCUT2D eigenvalue weighted by atomic mass is 9.86. The Morgan fingerprint density at radius 1 is 1.33 bits per heavy atom. The summed E-state index contributed by atoms with van der Waals surface area (Å²) >= 11 is 1.49. The normalized spacial score (nSPS) is 15.8. The Hall–Kier alpha value is -2.61. The Kier molecular flexibility index (Phi) is 5.65. The average Bonchev–Trinajstić information content (AvgIpc) is 2.68. The summed E-state index contributed by atoms with van der Waals surface area (Å²) < 4.78 is 6.47. The van der Waals surface area contributed by atoms with Crippen LogP contribution in [0, 0.1) is 0 Å². The van der Waals surface area contributed by atoms with Crippen molar-refractivity contribution >= 4 is 29.5 Å². The van der Waals surface area contributed by atoms with E-state index in [0.717, 1.165) is 17.7 Å². The number of ether oxygens (including phenoxy) is 1. The third-order valence-electron chi connectivity index (χ3n) is 4.47. The molecule has 1 atom stereocenters. The second-order valence-corrected chi connectivity index (χ2v) is 7.35. The number of nitrogens with zero attached hydrogens (tertiary/aromatic N) is 2. The fraction of sp³-hybridized carbons (Fsp3) is 0.368. The van der Waals surface area contributed by atoms with E-state index in [1.165, 1.54) is 18.9 Å². The van der Waals surface area contributed by atoms with Gasteiger partial charge in [-0.05, 0) is 24.1 Å². The van der Waals surface area contributed by atoms with Crippen LogP contribution < -0.4 is 10.9 Å². The van der Waals surface area contributed by atoms with Crippen molar-refractivity contribution < 1.29 is 14.3 Å². The topological polar surface area (TPSA) is 90.3 Å². The summed E-state index contributed by atoms with van der Waals surface area (Å²) in [5.74, 6) is 0.338. The number of methoxy groups -OCH3 is 1. The molecule has 0 saturated heterocycles. The summed E-state index contributed by atoms with van der Waals surface area (Å²) in [6.45, 7) is 2.05. The molecule has 0 radical (unpaired) electrons. The van der Waals surface area contributed by atoms with Gasteiger partial charge in [-0.2, -0.15) is 4.98 Å². The first-order valence-corrected chi connectivity index (χ1v) is 9.66. The molecule has 1 aromatic heterocycles. The molecule has 2 heterocycles. The smallest absolute Gasteiger partial charge is 0.337 e. The van der Waals surface area contributed by atoms with Crippen LogP contribution in [0.15, 0.2) is 34.2 Å². The minimum absolute atomic E-state index is 0.155. The number of benzene rings is 1. The lowest BCUT2D eigenvalue weighted by molar-refractivity contribution is -0.116. The maximum Gasteiger partial charge on any atom is 0.337 e. The number of thioether (sulfide) groups is 1. The Bertz CT molecular complexity index is 937. The largest absolute Gasteiger partial charge is 0.465 e. The Balaban J connectivity index is 2.05. The molecule has 27 heavy (non-hydrogen) atoms. The summed E-state index contributed by atoms with van der Waals surface area (Å²) in [7, 11) is 3.12. The van der Waals surface area contributed by atoms with Gasteiger partial charge in [-0.1, -0.05) is 30.8 Å². The van der Waals surface area contributed by atoms with Crippen LogP contribution in [0.1, 0.15) is 47.2 Å². The predicted octanol–water partition coefficient (Wildman–Crippen LogP) is 2.54. The molecule has 0 bridgehead atoms. The van der Waals surface area contributed by atoms with E-state index in [0.29, 0.717) is 22.1 Å². The van der Waals surface area contributed by atoms with E-state index < -0.39 is 11.9 Å². The summed E-state index contributed by atoms with van der Waals surface area (Å²) in [5.41, 5.74) is 1.35. The third-order valence-corrected chi connectivity index (χ3v) is 5.71. The van der Waals surface area contributed by atoms with E-state index >= 15 is 0 Å². The molecule has 1 aliphatic rings. The first-order valence-electron chi connectivity index (χ1n) is 8.68. The highest BCUT2D eigenvalue weighted by Gasteiger charge is 2.32. The van der Waals surface area contributed by atoms with Crippen molar-refractivity contribution in [2.75, 3.05) is 18.2 Å². The second kappa shape index (κ2) is 7.96. The summed E-state index contributed by atoms with van der Waals surface area (Å²) in [4.78, 5) is 40.9. The SMILES string of the molecule is CCCSc1nc(=O)c2c(n1C)NC(=O)C[C@@H]2c1ccc(C(=O)OC)cc1. The van der Waals surface area contributed by atoms with Gasteiger partial charge < -0.3 is 14.6 Å². The molecule has 1 aliphatic heterocycles. The highest BCUT2D eigenvalue weighted by atomic mass is 32.2. The van der Waals surface area contributed by atoms with Gasteiger partial charge in [-0.25, -0.2) is 4.79 Å². The van der Waals surface area contributed by atoms with Gasteiger partial charge in [0.2, 0.25) is 5.91 Å². The lowest BCUT2D eigenvalue weighted by Gasteiger charge is -2.27. The zero-order valence-electron chi connectivity index (χ0n) is 15.4. The number of aromatic nitrogens is 2. The van der Waals surface area contributed by atoms with Crippen LogP contribution in [0.25, 0.3) is 0 Å². The molecular weight excluding hydrogens is 366 g/mol. The predicted molar refractivity (Wildman–Crippen MR) is 103 cm³/mol. The quantitative estimate of drug-likeness (QED) is 0.482. The minimum atomic E-state index is -0.432. The number of hydrogen-bond acceptors (Lipinski definition) is 6. The summed E-state index contributed by atoms with van der Waals surface area (Å²) in [5, 5.41) is 3.41. The molecule has 0 saturated carbocycles. The van der Waals surface area contributed by atoms with Crippen molar-refractivity contribution in [1.82, 2.24) is 9.55 Å². The molecule has 0 unspecified atom stereocenters. The number of fused-ring (bicyclic) bond motifs is 1. The monoisotopic (exact) mass is 387 g/mol. The van der Waals surface area contributed by atoms with Crippen LogP contribution in [0.2, 0.25) is 0 Å². The molecule has 1 amide bonds. The van der Waals surface area contributed by atoms with Gasteiger partial charge in [-0.15, -0.1) is 0 Å². The summed E-state index contributed by atoms with van der Waals surface area (Å²) in [6.07, 6.45) is 1.11. The number of carbonyl (C=O) groups excluding carboxylic acids is 2. The Morgan fingerprint density at radius 2 is 2.04 bits per heavy atom. The van der Waals surface area contributed by atoms with E-state index in [4.69, 9.17) is 4.74 Å². The number of amides is 1. The van der Waals surface area contributed by atoms with E-state index in [9.17, 15) is 14.4 Å². The maximum absolute atomic E-state index is 12.7. The van der Waals surface area contributed by atoms with Gasteiger partial charge in [0.1, 0.15) is 5.82 Å². The summed E-state index contributed by atoms with van der Waals surface area (Å²) in [6, 6.07) is 6.77. The third kappa shape index (κ3) is 3.75. The van der Waals surface area contributed by atoms with E-state index in [1.54, 1.807) is 35.9 Å². The van der Waals surface area contributed by atoms with E-state index in [2.05, 4.69) is 17.2 Å². The van der Waals surface area contributed by atoms with Crippen molar-refractivity contribution in [3.63, 3.8) is 0 Å². The highest BCUT2D eigenvalue weighted by Crippen LogP contribution is 2.35. The van der Waals surface area contributed by atoms with E-state index in [1.807, 2.05) is 0 Å². The molecule has 2 aromatic rings. The Labute approximate surface area is 161 Å². The molecule has 7 nitrogen and oxygen atoms in total. The number of anilines is 1. The van der Waals surface area contributed by atoms with Crippen molar-refractivity contribution in [2.45, 2.75) is 30.8 Å². The zero-order chi connectivity index (χ0) is 19.6. The fourth-order valence-corrected chi connectivity index (χ4v) is 3.93. The number of carbonyl (C=O) groups is 2. The van der Waals surface area contributed by atoms with Crippen LogP contribution in [-0.4, -0.2) is 34.3 Å². The van der Waals surface area contributed by atoms with Crippen LogP contribution in [-0.2, 0) is 16.6 Å². The molecule has 142 valence electrons. The van der Waals surface area contributed by atoms with E-state index in [-0.39, 0.29) is 17.9 Å². The fourth-order valence-electron chi connectivity index (χ4n) is 3.11. The van der Waals surface area contributed by atoms with Crippen molar-refractivity contribution in [3.8, 4) is 0 Å². The van der Waals surface area contributed by atoms with Gasteiger partial charge in [0, 0.05) is 25.1 Å². The Morgan fingerprint density at radius 3 is 2.67 bits per heavy atom. The molecular formula is C19H21N3O4S. The lowest BCUT2D eigenvalue weighted by Crippen LogP contribution is -2.33. The molecule has 3 rings (SSSR count). The molecule has 0 fully saturated rings. The van der Waals surface area contributed by atoms with Crippen LogP contribution in [0.5, 0.6) is 0 Å².